The van der Waals surface area contributed by atoms with Crippen molar-refractivity contribution in [3.8, 4) is 11.5 Å². The summed E-state index contributed by atoms with van der Waals surface area (Å²) in [5, 5.41) is 9.80. The minimum absolute atomic E-state index is 0.159. The van der Waals surface area contributed by atoms with Crippen molar-refractivity contribution in [1.29, 1.82) is 0 Å². The zero-order chi connectivity index (χ0) is 19.4. The second-order valence-electron chi connectivity index (χ2n) is 6.37. The van der Waals surface area contributed by atoms with Gasteiger partial charge in [-0.25, -0.2) is 8.78 Å². The van der Waals surface area contributed by atoms with Crippen molar-refractivity contribution in [1.82, 2.24) is 4.90 Å². The summed E-state index contributed by atoms with van der Waals surface area (Å²) >= 11 is 0. The van der Waals surface area contributed by atoms with Gasteiger partial charge in [0, 0.05) is 13.1 Å². The molecule has 7 heteroatoms. The molecular formula is C20H23F2NO4. The maximum Gasteiger partial charge on any atom is 0.161 e. The number of benzene rings is 2. The lowest BCUT2D eigenvalue weighted by atomic mass is 9.97. The minimum atomic E-state index is -0.873. The molecule has 1 N–H and O–H groups in total. The molecule has 1 aliphatic rings. The summed E-state index contributed by atoms with van der Waals surface area (Å²) in [6.07, 6.45) is -0.442. The summed E-state index contributed by atoms with van der Waals surface area (Å²) in [6.45, 7) is 1.27. The van der Waals surface area contributed by atoms with Gasteiger partial charge in [0.15, 0.2) is 23.1 Å². The van der Waals surface area contributed by atoms with Crippen molar-refractivity contribution in [2.75, 3.05) is 34.0 Å². The number of hydrogen-bond donors (Lipinski definition) is 1. The second-order valence-corrected chi connectivity index (χ2v) is 6.37. The highest BCUT2D eigenvalue weighted by atomic mass is 19.2. The average molecular weight is 379 g/mol. The van der Waals surface area contributed by atoms with Crippen LogP contribution in [0.4, 0.5) is 8.78 Å². The molecule has 27 heavy (non-hydrogen) atoms. The minimum Gasteiger partial charge on any atom is -0.493 e. The van der Waals surface area contributed by atoms with Crippen LogP contribution in [0.5, 0.6) is 11.5 Å². The number of hydrogen-bond acceptors (Lipinski definition) is 5. The molecule has 146 valence electrons. The predicted molar refractivity (Wildman–Crippen MR) is 95.9 cm³/mol. The number of aliphatic hydroxyl groups excluding tert-OH is 1. The highest BCUT2D eigenvalue weighted by molar-refractivity contribution is 5.44. The molecule has 3 rings (SSSR count). The van der Waals surface area contributed by atoms with E-state index in [1.54, 1.807) is 26.4 Å². The van der Waals surface area contributed by atoms with Gasteiger partial charge in [-0.15, -0.1) is 0 Å². The van der Waals surface area contributed by atoms with Gasteiger partial charge in [0.1, 0.15) is 6.10 Å². The Bertz CT molecular complexity index is 787. The Labute approximate surface area is 157 Å². The van der Waals surface area contributed by atoms with Crippen LogP contribution in [0.15, 0.2) is 36.4 Å². The maximum atomic E-state index is 13.6. The van der Waals surface area contributed by atoms with Crippen LogP contribution in [0.2, 0.25) is 0 Å². The van der Waals surface area contributed by atoms with Gasteiger partial charge in [-0.3, -0.25) is 4.90 Å². The lowest BCUT2D eigenvalue weighted by molar-refractivity contribution is -0.0961. The number of methoxy groups -OCH3 is 2. The Morgan fingerprint density at radius 3 is 2.52 bits per heavy atom. The van der Waals surface area contributed by atoms with Gasteiger partial charge >= 0.3 is 0 Å². The lowest BCUT2D eigenvalue weighted by Crippen LogP contribution is -2.46. The number of ether oxygens (including phenoxy) is 3. The van der Waals surface area contributed by atoms with E-state index in [0.717, 1.165) is 11.6 Å². The molecule has 2 aromatic rings. The van der Waals surface area contributed by atoms with Crippen LogP contribution in [0, 0.1) is 11.6 Å². The molecule has 5 nitrogen and oxygen atoms in total. The molecule has 0 aromatic heterocycles. The third kappa shape index (κ3) is 4.21. The van der Waals surface area contributed by atoms with Crippen molar-refractivity contribution in [2.45, 2.75) is 18.7 Å². The van der Waals surface area contributed by atoms with Crippen molar-refractivity contribution < 1.29 is 28.1 Å². The smallest absolute Gasteiger partial charge is 0.161 e. The first kappa shape index (κ1) is 19.5. The summed E-state index contributed by atoms with van der Waals surface area (Å²) in [7, 11) is 3.12. The molecule has 0 amide bonds. The van der Waals surface area contributed by atoms with Crippen molar-refractivity contribution in [2.24, 2.45) is 0 Å². The highest BCUT2D eigenvalue weighted by Crippen LogP contribution is 2.36. The van der Waals surface area contributed by atoms with Crippen molar-refractivity contribution in [3.63, 3.8) is 0 Å². The lowest BCUT2D eigenvalue weighted by Gasteiger charge is -2.41. The maximum absolute atomic E-state index is 13.6. The van der Waals surface area contributed by atoms with Crippen molar-refractivity contribution >= 4 is 0 Å². The van der Waals surface area contributed by atoms with Gasteiger partial charge in [0.25, 0.3) is 0 Å². The summed E-state index contributed by atoms with van der Waals surface area (Å²) in [6, 6.07) is 9.16. The van der Waals surface area contributed by atoms with E-state index in [0.29, 0.717) is 36.8 Å². The van der Waals surface area contributed by atoms with E-state index in [9.17, 15) is 13.9 Å². The summed E-state index contributed by atoms with van der Waals surface area (Å²) in [5.41, 5.74) is 1.53. The van der Waals surface area contributed by atoms with E-state index >= 15 is 0 Å². The first-order valence-electron chi connectivity index (χ1n) is 8.69. The summed E-state index contributed by atoms with van der Waals surface area (Å²) in [5.74, 6) is -0.566. The van der Waals surface area contributed by atoms with E-state index in [-0.39, 0.29) is 12.6 Å². The van der Waals surface area contributed by atoms with Gasteiger partial charge in [-0.05, 0) is 35.4 Å². The van der Waals surface area contributed by atoms with E-state index < -0.39 is 17.7 Å². The predicted octanol–water partition coefficient (Wildman–Crippen LogP) is 2.92. The van der Waals surface area contributed by atoms with Crippen LogP contribution in [-0.2, 0) is 11.3 Å². The topological polar surface area (TPSA) is 51.2 Å². The Morgan fingerprint density at radius 2 is 1.85 bits per heavy atom. The third-order valence-electron chi connectivity index (χ3n) is 4.75. The van der Waals surface area contributed by atoms with Crippen LogP contribution in [0.25, 0.3) is 0 Å². The van der Waals surface area contributed by atoms with Crippen LogP contribution in [0.3, 0.4) is 0 Å². The van der Waals surface area contributed by atoms with E-state index in [1.807, 2.05) is 12.1 Å². The van der Waals surface area contributed by atoms with E-state index in [4.69, 9.17) is 14.2 Å². The van der Waals surface area contributed by atoms with Gasteiger partial charge in [0.05, 0.1) is 33.5 Å². The quantitative estimate of drug-likeness (QED) is 0.837. The van der Waals surface area contributed by atoms with Gasteiger partial charge in [-0.2, -0.15) is 0 Å². The molecule has 0 bridgehead atoms. The van der Waals surface area contributed by atoms with Crippen LogP contribution < -0.4 is 9.47 Å². The number of aliphatic hydroxyl groups is 1. The van der Waals surface area contributed by atoms with E-state index in [2.05, 4.69) is 4.90 Å². The molecule has 0 unspecified atom stereocenters. The first-order valence-corrected chi connectivity index (χ1v) is 8.69. The monoisotopic (exact) mass is 379 g/mol. The Balaban J connectivity index is 1.93. The molecule has 1 fully saturated rings. The first-order chi connectivity index (χ1) is 13.1. The van der Waals surface area contributed by atoms with Gasteiger partial charge in [0.2, 0.25) is 0 Å². The number of nitrogens with zero attached hydrogens (tertiary/aromatic N) is 1. The fraction of sp³-hybridized carbons (Fsp3) is 0.400. The molecule has 1 saturated heterocycles. The zero-order valence-corrected chi connectivity index (χ0v) is 15.3. The molecule has 2 atom stereocenters. The third-order valence-corrected chi connectivity index (χ3v) is 4.75. The standard InChI is InChI=1S/C20H23F2NO4/c1-25-17-6-4-14(10-18(17)26-2)20-19(12-24)27-8-7-23(20)11-13-3-5-15(21)16(22)9-13/h3-6,9-10,19-20,24H,7-8,11-12H2,1-2H3/t19-,20-/m1/s1. The van der Waals surface area contributed by atoms with Crippen LogP contribution in [-0.4, -0.2) is 50.1 Å². The molecule has 0 saturated carbocycles. The highest BCUT2D eigenvalue weighted by Gasteiger charge is 2.34. The zero-order valence-electron chi connectivity index (χ0n) is 15.3. The molecule has 2 aromatic carbocycles. The largest absolute Gasteiger partial charge is 0.493 e. The van der Waals surface area contributed by atoms with Crippen molar-refractivity contribution in [3.05, 3.63) is 59.2 Å². The molecular weight excluding hydrogens is 356 g/mol. The molecule has 1 heterocycles. The normalized spacial score (nSPS) is 20.5. The summed E-state index contributed by atoms with van der Waals surface area (Å²) < 4.78 is 43.2. The molecule has 0 aliphatic carbocycles. The molecule has 0 radical (unpaired) electrons. The van der Waals surface area contributed by atoms with Crippen LogP contribution in [0.1, 0.15) is 17.2 Å². The van der Waals surface area contributed by atoms with Gasteiger partial charge < -0.3 is 19.3 Å². The number of rotatable bonds is 6. The Hall–Kier alpha value is -2.22. The number of halogens is 2. The fourth-order valence-corrected chi connectivity index (χ4v) is 3.45. The Morgan fingerprint density at radius 1 is 1.07 bits per heavy atom. The Kier molecular flexibility index (Phi) is 6.26. The SMILES string of the molecule is COc1ccc([C@@H]2[C@@H](CO)OCCN2Cc2ccc(F)c(F)c2)cc1OC. The van der Waals surface area contributed by atoms with Gasteiger partial charge in [-0.1, -0.05) is 12.1 Å². The van der Waals surface area contributed by atoms with E-state index in [1.165, 1.54) is 6.07 Å². The fourth-order valence-electron chi connectivity index (χ4n) is 3.45. The number of morpholine rings is 1. The second kappa shape index (κ2) is 8.65. The summed E-state index contributed by atoms with van der Waals surface area (Å²) in [4.78, 5) is 2.08. The molecule has 1 aliphatic heterocycles. The average Bonchev–Trinajstić information content (AvgIpc) is 2.70. The van der Waals surface area contributed by atoms with Crippen LogP contribution >= 0.6 is 0 Å². The molecule has 0 spiro atoms.